The minimum absolute atomic E-state index is 0.433. The van der Waals surface area contributed by atoms with E-state index in [1.165, 1.54) is 38.8 Å². The summed E-state index contributed by atoms with van der Waals surface area (Å²) in [4.78, 5) is 0. The molecule has 0 aromatic rings. The zero-order chi connectivity index (χ0) is 9.15. The quantitative estimate of drug-likeness (QED) is 0.642. The van der Waals surface area contributed by atoms with Crippen LogP contribution in [0.25, 0.3) is 0 Å². The molecule has 2 heteroatoms. The van der Waals surface area contributed by atoms with E-state index in [0.717, 1.165) is 0 Å². The first-order valence-corrected chi connectivity index (χ1v) is 5.10. The van der Waals surface area contributed by atoms with Crippen molar-refractivity contribution < 1.29 is 4.74 Å². The lowest BCUT2D eigenvalue weighted by Gasteiger charge is -2.47. The normalized spacial score (nSPS) is 26.7. The SMILES string of the molecule is C#CCOC1CCC2(CC1)CNC2. The monoisotopic (exact) mass is 179 g/mol. The van der Waals surface area contributed by atoms with Crippen molar-refractivity contribution in [3.8, 4) is 12.3 Å². The molecule has 72 valence electrons. The van der Waals surface area contributed by atoms with Crippen LogP contribution in [-0.2, 0) is 4.74 Å². The molecule has 1 heterocycles. The van der Waals surface area contributed by atoms with E-state index in [-0.39, 0.29) is 0 Å². The summed E-state index contributed by atoms with van der Waals surface area (Å²) in [5.74, 6) is 2.53. The van der Waals surface area contributed by atoms with Crippen LogP contribution in [-0.4, -0.2) is 25.8 Å². The fourth-order valence-corrected chi connectivity index (χ4v) is 2.37. The van der Waals surface area contributed by atoms with Crippen molar-refractivity contribution in [2.45, 2.75) is 31.8 Å². The summed E-state index contributed by atoms with van der Waals surface area (Å²) in [6, 6.07) is 0. The van der Waals surface area contributed by atoms with Crippen LogP contribution in [0.1, 0.15) is 25.7 Å². The summed E-state index contributed by atoms with van der Waals surface area (Å²) in [5, 5.41) is 3.36. The van der Waals surface area contributed by atoms with Crippen LogP contribution in [0, 0.1) is 17.8 Å². The summed E-state index contributed by atoms with van der Waals surface area (Å²) in [6.07, 6.45) is 10.6. The van der Waals surface area contributed by atoms with Gasteiger partial charge in [-0.25, -0.2) is 0 Å². The molecule has 0 unspecified atom stereocenters. The number of ether oxygens (including phenoxy) is 1. The molecule has 1 saturated carbocycles. The van der Waals surface area contributed by atoms with E-state index in [2.05, 4.69) is 11.2 Å². The number of terminal acetylenes is 1. The van der Waals surface area contributed by atoms with Crippen LogP contribution in [0.5, 0.6) is 0 Å². The van der Waals surface area contributed by atoms with Crippen LogP contribution < -0.4 is 5.32 Å². The molecule has 1 spiro atoms. The van der Waals surface area contributed by atoms with Gasteiger partial charge in [0.15, 0.2) is 0 Å². The fraction of sp³-hybridized carbons (Fsp3) is 0.818. The second-order valence-corrected chi connectivity index (χ2v) is 4.32. The van der Waals surface area contributed by atoms with Gasteiger partial charge in [0, 0.05) is 13.1 Å². The molecule has 0 aromatic carbocycles. The number of hydrogen-bond acceptors (Lipinski definition) is 2. The van der Waals surface area contributed by atoms with E-state index < -0.39 is 0 Å². The van der Waals surface area contributed by atoms with E-state index >= 15 is 0 Å². The first-order chi connectivity index (χ1) is 6.35. The number of rotatable bonds is 2. The highest BCUT2D eigenvalue weighted by Crippen LogP contribution is 2.39. The van der Waals surface area contributed by atoms with Gasteiger partial charge in [-0.1, -0.05) is 5.92 Å². The number of nitrogens with one attached hydrogen (secondary N) is 1. The van der Waals surface area contributed by atoms with Gasteiger partial charge in [-0.3, -0.25) is 0 Å². The highest BCUT2D eigenvalue weighted by atomic mass is 16.5. The Bertz CT molecular complexity index is 205. The Morgan fingerprint density at radius 1 is 1.38 bits per heavy atom. The van der Waals surface area contributed by atoms with Gasteiger partial charge in [0.25, 0.3) is 0 Å². The van der Waals surface area contributed by atoms with Crippen LogP contribution in [0.3, 0.4) is 0 Å². The van der Waals surface area contributed by atoms with Crippen molar-refractivity contribution in [1.29, 1.82) is 0 Å². The second kappa shape index (κ2) is 3.69. The average Bonchev–Trinajstić information content (AvgIpc) is 2.13. The Balaban J connectivity index is 1.73. The largest absolute Gasteiger partial charge is 0.366 e. The lowest BCUT2D eigenvalue weighted by molar-refractivity contribution is -0.00655. The Morgan fingerprint density at radius 3 is 2.54 bits per heavy atom. The molecular weight excluding hydrogens is 162 g/mol. The molecule has 2 aliphatic rings. The molecule has 2 rings (SSSR count). The number of hydrogen-bond donors (Lipinski definition) is 1. The topological polar surface area (TPSA) is 21.3 Å². The second-order valence-electron chi connectivity index (χ2n) is 4.32. The molecule has 1 N–H and O–H groups in total. The molecule has 2 nitrogen and oxygen atoms in total. The summed E-state index contributed by atoms with van der Waals surface area (Å²) in [7, 11) is 0. The van der Waals surface area contributed by atoms with Crippen molar-refractivity contribution in [2.75, 3.05) is 19.7 Å². The maximum Gasteiger partial charge on any atom is 0.107 e. The van der Waals surface area contributed by atoms with Crippen molar-refractivity contribution in [3.05, 3.63) is 0 Å². The van der Waals surface area contributed by atoms with Crippen LogP contribution in [0.4, 0.5) is 0 Å². The fourth-order valence-electron chi connectivity index (χ4n) is 2.37. The highest BCUT2D eigenvalue weighted by Gasteiger charge is 2.40. The molecule has 0 amide bonds. The predicted molar refractivity (Wildman–Crippen MR) is 52.3 cm³/mol. The van der Waals surface area contributed by atoms with Gasteiger partial charge < -0.3 is 10.1 Å². The average molecular weight is 179 g/mol. The predicted octanol–water partition coefficient (Wildman–Crippen LogP) is 1.17. The Morgan fingerprint density at radius 2 is 2.08 bits per heavy atom. The van der Waals surface area contributed by atoms with Crippen LogP contribution in [0.15, 0.2) is 0 Å². The molecular formula is C11H17NO. The third kappa shape index (κ3) is 1.87. The minimum Gasteiger partial charge on any atom is -0.366 e. The third-order valence-corrected chi connectivity index (χ3v) is 3.40. The van der Waals surface area contributed by atoms with Crippen molar-refractivity contribution >= 4 is 0 Å². The van der Waals surface area contributed by atoms with Gasteiger partial charge in [0.1, 0.15) is 6.61 Å². The zero-order valence-corrected chi connectivity index (χ0v) is 8.01. The van der Waals surface area contributed by atoms with Gasteiger partial charge in [0.05, 0.1) is 6.10 Å². The Hall–Kier alpha value is -0.520. The van der Waals surface area contributed by atoms with Crippen molar-refractivity contribution in [2.24, 2.45) is 5.41 Å². The van der Waals surface area contributed by atoms with Gasteiger partial charge in [-0.05, 0) is 31.1 Å². The van der Waals surface area contributed by atoms with E-state index in [4.69, 9.17) is 11.2 Å². The summed E-state index contributed by atoms with van der Waals surface area (Å²) in [6.45, 7) is 2.92. The van der Waals surface area contributed by atoms with Crippen molar-refractivity contribution in [1.82, 2.24) is 5.32 Å². The van der Waals surface area contributed by atoms with Crippen molar-refractivity contribution in [3.63, 3.8) is 0 Å². The standard InChI is InChI=1S/C11H17NO/c1-2-7-13-10-3-5-11(6-4-10)8-12-9-11/h1,10,12H,3-9H2. The molecule has 0 radical (unpaired) electrons. The van der Waals surface area contributed by atoms with Gasteiger partial charge in [-0.2, -0.15) is 0 Å². The highest BCUT2D eigenvalue weighted by molar-refractivity contribution is 4.96. The maximum absolute atomic E-state index is 5.54. The zero-order valence-electron chi connectivity index (χ0n) is 8.01. The molecule has 1 aliphatic heterocycles. The third-order valence-electron chi connectivity index (χ3n) is 3.40. The molecule has 2 fully saturated rings. The van der Waals surface area contributed by atoms with Crippen LogP contribution >= 0.6 is 0 Å². The molecule has 13 heavy (non-hydrogen) atoms. The summed E-state index contributed by atoms with van der Waals surface area (Å²) < 4.78 is 5.54. The van der Waals surface area contributed by atoms with E-state index in [0.29, 0.717) is 18.1 Å². The molecule has 1 saturated heterocycles. The lowest BCUT2D eigenvalue weighted by atomic mass is 9.69. The van der Waals surface area contributed by atoms with Gasteiger partial charge in [0.2, 0.25) is 0 Å². The summed E-state index contributed by atoms with van der Waals surface area (Å²) >= 11 is 0. The van der Waals surface area contributed by atoms with Gasteiger partial charge >= 0.3 is 0 Å². The molecule has 0 atom stereocenters. The Labute approximate surface area is 80.0 Å². The summed E-state index contributed by atoms with van der Waals surface area (Å²) in [5.41, 5.74) is 0.635. The van der Waals surface area contributed by atoms with Crippen LogP contribution in [0.2, 0.25) is 0 Å². The van der Waals surface area contributed by atoms with Gasteiger partial charge in [-0.15, -0.1) is 6.42 Å². The smallest absolute Gasteiger partial charge is 0.107 e. The molecule has 0 aromatic heterocycles. The van der Waals surface area contributed by atoms with E-state index in [1.54, 1.807) is 0 Å². The minimum atomic E-state index is 0.433. The first-order valence-electron chi connectivity index (χ1n) is 5.10. The Kier molecular flexibility index (Phi) is 2.57. The van der Waals surface area contributed by atoms with E-state index in [9.17, 15) is 0 Å². The van der Waals surface area contributed by atoms with E-state index in [1.807, 2.05) is 0 Å². The lowest BCUT2D eigenvalue weighted by Crippen LogP contribution is -2.55. The molecule has 0 bridgehead atoms. The molecule has 1 aliphatic carbocycles. The maximum atomic E-state index is 5.54. The first kappa shape index (κ1) is 9.05.